The lowest BCUT2D eigenvalue weighted by molar-refractivity contribution is -0.135. The first kappa shape index (κ1) is 14.7. The molecular weight excluding hydrogens is 257 g/mol. The standard InChI is InChI=1S/C11H16NO5P/c1-2-12(7-11(13)14)10-5-3-9(4-6-10)8-18(15,16)17/h3-6H,2,7-8H2,1H3,(H,13,14)(H2,15,16,17). The van der Waals surface area contributed by atoms with E-state index in [2.05, 4.69) is 0 Å². The second-order valence-corrected chi connectivity index (χ2v) is 5.54. The van der Waals surface area contributed by atoms with Gasteiger partial charge in [0.2, 0.25) is 0 Å². The van der Waals surface area contributed by atoms with Crippen LogP contribution in [0.25, 0.3) is 0 Å². The highest BCUT2D eigenvalue weighted by Crippen LogP contribution is 2.39. The Morgan fingerprint density at radius 2 is 1.83 bits per heavy atom. The van der Waals surface area contributed by atoms with Crippen LogP contribution in [0.3, 0.4) is 0 Å². The minimum Gasteiger partial charge on any atom is -0.480 e. The zero-order chi connectivity index (χ0) is 13.8. The van der Waals surface area contributed by atoms with E-state index in [9.17, 15) is 9.36 Å². The lowest BCUT2D eigenvalue weighted by Gasteiger charge is -2.21. The average molecular weight is 273 g/mol. The van der Waals surface area contributed by atoms with E-state index >= 15 is 0 Å². The third-order valence-corrected chi connectivity index (χ3v) is 3.17. The van der Waals surface area contributed by atoms with Crippen LogP contribution >= 0.6 is 7.60 Å². The van der Waals surface area contributed by atoms with E-state index in [0.29, 0.717) is 12.1 Å². The normalized spacial score (nSPS) is 11.3. The number of carboxylic acids is 1. The molecule has 0 saturated carbocycles. The molecule has 0 aromatic heterocycles. The van der Waals surface area contributed by atoms with Crippen molar-refractivity contribution in [2.45, 2.75) is 13.1 Å². The summed E-state index contributed by atoms with van der Waals surface area (Å²) >= 11 is 0. The fourth-order valence-electron chi connectivity index (χ4n) is 1.60. The molecule has 7 heteroatoms. The summed E-state index contributed by atoms with van der Waals surface area (Å²) in [6.07, 6.45) is -0.307. The van der Waals surface area contributed by atoms with Crippen molar-refractivity contribution in [2.24, 2.45) is 0 Å². The molecule has 0 spiro atoms. The number of hydrogen-bond donors (Lipinski definition) is 3. The van der Waals surface area contributed by atoms with Gasteiger partial charge >= 0.3 is 13.6 Å². The minimum absolute atomic E-state index is 0.103. The Labute approximate surface area is 105 Å². The number of carboxylic acid groups (broad SMARTS) is 1. The van der Waals surface area contributed by atoms with Crippen LogP contribution in [0.15, 0.2) is 24.3 Å². The highest BCUT2D eigenvalue weighted by atomic mass is 31.2. The SMILES string of the molecule is CCN(CC(=O)O)c1ccc(CP(=O)(O)O)cc1. The Kier molecular flexibility index (Phi) is 4.90. The van der Waals surface area contributed by atoms with Gasteiger partial charge in [0.25, 0.3) is 0 Å². The molecule has 0 radical (unpaired) electrons. The second kappa shape index (κ2) is 6.00. The van der Waals surface area contributed by atoms with Crippen LogP contribution in [0.1, 0.15) is 12.5 Å². The van der Waals surface area contributed by atoms with Gasteiger partial charge in [-0.05, 0) is 24.6 Å². The van der Waals surface area contributed by atoms with Gasteiger partial charge in [-0.25, -0.2) is 0 Å². The van der Waals surface area contributed by atoms with Crippen LogP contribution in [-0.4, -0.2) is 34.0 Å². The van der Waals surface area contributed by atoms with E-state index in [1.54, 1.807) is 29.2 Å². The van der Waals surface area contributed by atoms with E-state index in [0.717, 1.165) is 5.69 Å². The molecule has 6 nitrogen and oxygen atoms in total. The molecule has 0 bridgehead atoms. The number of nitrogens with zero attached hydrogens (tertiary/aromatic N) is 1. The Balaban J connectivity index is 2.80. The van der Waals surface area contributed by atoms with E-state index in [1.807, 2.05) is 6.92 Å². The number of benzene rings is 1. The van der Waals surface area contributed by atoms with Crippen LogP contribution in [0.5, 0.6) is 0 Å². The maximum absolute atomic E-state index is 10.8. The van der Waals surface area contributed by atoms with Gasteiger partial charge in [0.1, 0.15) is 6.54 Å². The summed E-state index contributed by atoms with van der Waals surface area (Å²) in [5.74, 6) is -0.920. The summed E-state index contributed by atoms with van der Waals surface area (Å²) in [4.78, 5) is 30.0. The second-order valence-electron chi connectivity index (χ2n) is 3.90. The van der Waals surface area contributed by atoms with Gasteiger partial charge in [0, 0.05) is 12.2 Å². The minimum atomic E-state index is -4.06. The Morgan fingerprint density at radius 3 is 2.22 bits per heavy atom. The van der Waals surface area contributed by atoms with Crippen molar-refractivity contribution >= 4 is 19.3 Å². The summed E-state index contributed by atoms with van der Waals surface area (Å²) in [6.45, 7) is 2.28. The number of carbonyl (C=O) groups is 1. The molecule has 0 aliphatic rings. The fourth-order valence-corrected chi connectivity index (χ4v) is 2.29. The molecule has 0 aliphatic carbocycles. The van der Waals surface area contributed by atoms with Gasteiger partial charge in [-0.15, -0.1) is 0 Å². The zero-order valence-corrected chi connectivity index (χ0v) is 10.9. The largest absolute Gasteiger partial charge is 0.480 e. The average Bonchev–Trinajstić information content (AvgIpc) is 2.24. The number of rotatable bonds is 6. The van der Waals surface area contributed by atoms with Gasteiger partial charge in [-0.3, -0.25) is 9.36 Å². The lowest BCUT2D eigenvalue weighted by Crippen LogP contribution is -2.29. The van der Waals surface area contributed by atoms with Gasteiger partial charge < -0.3 is 19.8 Å². The number of likely N-dealkylation sites (N-methyl/N-ethyl adjacent to an activating group) is 1. The highest BCUT2D eigenvalue weighted by molar-refractivity contribution is 7.50. The van der Waals surface area contributed by atoms with Crippen molar-refractivity contribution in [2.75, 3.05) is 18.0 Å². The molecule has 0 heterocycles. The lowest BCUT2D eigenvalue weighted by atomic mass is 10.2. The number of aliphatic carboxylic acids is 1. The molecule has 1 rings (SSSR count). The van der Waals surface area contributed by atoms with Crippen LogP contribution in [0.4, 0.5) is 5.69 Å². The van der Waals surface area contributed by atoms with E-state index in [1.165, 1.54) is 0 Å². The summed E-state index contributed by atoms with van der Waals surface area (Å²) < 4.78 is 10.8. The quantitative estimate of drug-likeness (QED) is 0.675. The number of anilines is 1. The van der Waals surface area contributed by atoms with Gasteiger partial charge in [-0.2, -0.15) is 0 Å². The summed E-state index contributed by atoms with van der Waals surface area (Å²) in [6, 6.07) is 6.52. The number of hydrogen-bond acceptors (Lipinski definition) is 3. The first-order chi connectivity index (χ1) is 8.31. The molecule has 1 aromatic rings. The molecule has 0 saturated heterocycles. The Hall–Kier alpha value is -1.36. The zero-order valence-electron chi connectivity index (χ0n) is 9.98. The molecule has 0 fully saturated rings. The smallest absolute Gasteiger partial charge is 0.329 e. The van der Waals surface area contributed by atoms with Gasteiger partial charge in [0.05, 0.1) is 6.16 Å². The van der Waals surface area contributed by atoms with Crippen molar-refractivity contribution in [3.63, 3.8) is 0 Å². The summed E-state index contributed by atoms with van der Waals surface area (Å²) in [5.41, 5.74) is 1.24. The van der Waals surface area contributed by atoms with Crippen molar-refractivity contribution < 1.29 is 24.3 Å². The van der Waals surface area contributed by atoms with Crippen molar-refractivity contribution in [3.8, 4) is 0 Å². The Bertz CT molecular complexity index is 453. The summed E-state index contributed by atoms with van der Waals surface area (Å²) in [5, 5.41) is 8.74. The monoisotopic (exact) mass is 273 g/mol. The first-order valence-corrected chi connectivity index (χ1v) is 7.22. The van der Waals surface area contributed by atoms with Crippen molar-refractivity contribution in [1.82, 2.24) is 0 Å². The first-order valence-electron chi connectivity index (χ1n) is 5.42. The maximum atomic E-state index is 10.8. The molecule has 1 aromatic carbocycles. The van der Waals surface area contributed by atoms with Crippen molar-refractivity contribution in [1.29, 1.82) is 0 Å². The predicted molar refractivity (Wildman–Crippen MR) is 67.7 cm³/mol. The van der Waals surface area contributed by atoms with Gasteiger partial charge in [0.15, 0.2) is 0 Å². The fraction of sp³-hybridized carbons (Fsp3) is 0.364. The molecule has 18 heavy (non-hydrogen) atoms. The highest BCUT2D eigenvalue weighted by Gasteiger charge is 2.14. The molecular formula is C11H16NO5P. The maximum Gasteiger partial charge on any atom is 0.329 e. The molecule has 0 atom stereocenters. The molecule has 0 unspecified atom stereocenters. The summed E-state index contributed by atoms with van der Waals surface area (Å²) in [7, 11) is -4.06. The Morgan fingerprint density at radius 1 is 1.28 bits per heavy atom. The van der Waals surface area contributed by atoms with E-state index < -0.39 is 13.6 Å². The van der Waals surface area contributed by atoms with Crippen LogP contribution in [0, 0.1) is 0 Å². The third-order valence-electron chi connectivity index (χ3n) is 2.40. The van der Waals surface area contributed by atoms with Crippen molar-refractivity contribution in [3.05, 3.63) is 29.8 Å². The molecule has 3 N–H and O–H groups in total. The van der Waals surface area contributed by atoms with Crippen LogP contribution in [-0.2, 0) is 15.5 Å². The van der Waals surface area contributed by atoms with Crippen LogP contribution < -0.4 is 4.90 Å². The molecule has 0 aliphatic heterocycles. The van der Waals surface area contributed by atoms with E-state index in [4.69, 9.17) is 14.9 Å². The van der Waals surface area contributed by atoms with E-state index in [-0.39, 0.29) is 12.7 Å². The topological polar surface area (TPSA) is 98.1 Å². The van der Waals surface area contributed by atoms with Crippen LogP contribution in [0.2, 0.25) is 0 Å². The molecule has 100 valence electrons. The third kappa shape index (κ3) is 4.87. The molecule has 0 amide bonds. The van der Waals surface area contributed by atoms with Gasteiger partial charge in [-0.1, -0.05) is 12.1 Å². The predicted octanol–water partition coefficient (Wildman–Crippen LogP) is 1.28.